The van der Waals surface area contributed by atoms with Crippen LogP contribution in [0.4, 0.5) is 4.79 Å². The van der Waals surface area contributed by atoms with Gasteiger partial charge in [0.1, 0.15) is 6.04 Å². The van der Waals surface area contributed by atoms with Crippen LogP contribution in [0.5, 0.6) is 0 Å². The largest absolute Gasteiger partial charge is 0.480 e. The first-order valence-electron chi connectivity index (χ1n) is 5.61. The Hall–Kier alpha value is -1.28. The first-order valence-corrected chi connectivity index (χ1v) is 6.76. The zero-order valence-electron chi connectivity index (χ0n) is 10.3. The van der Waals surface area contributed by atoms with Gasteiger partial charge in [-0.25, -0.2) is 4.79 Å². The van der Waals surface area contributed by atoms with Gasteiger partial charge in [-0.1, -0.05) is 13.3 Å². The highest BCUT2D eigenvalue weighted by Gasteiger charge is 2.13. The van der Waals surface area contributed by atoms with Crippen LogP contribution in [-0.2, 0) is 9.59 Å². The SMILES string of the molecule is CCCCNC(=O)NC(=O)CSC[C@H](N)C(=O)O. The van der Waals surface area contributed by atoms with Crippen LogP contribution >= 0.6 is 11.8 Å². The average Bonchev–Trinajstić information content (AvgIpc) is 2.28. The molecule has 0 rings (SSSR count). The monoisotopic (exact) mass is 277 g/mol. The molecule has 0 aliphatic rings. The maximum Gasteiger partial charge on any atom is 0.321 e. The predicted octanol–water partition coefficient (Wildman–Crippen LogP) is -0.243. The average molecular weight is 277 g/mol. The molecular weight excluding hydrogens is 258 g/mol. The van der Waals surface area contributed by atoms with Crippen molar-refractivity contribution in [2.45, 2.75) is 25.8 Å². The van der Waals surface area contributed by atoms with Crippen molar-refractivity contribution in [3.8, 4) is 0 Å². The molecule has 0 saturated carbocycles. The molecule has 0 heterocycles. The summed E-state index contributed by atoms with van der Waals surface area (Å²) in [5.41, 5.74) is 5.25. The van der Waals surface area contributed by atoms with Crippen molar-refractivity contribution in [3.63, 3.8) is 0 Å². The van der Waals surface area contributed by atoms with Gasteiger partial charge in [-0.2, -0.15) is 0 Å². The van der Waals surface area contributed by atoms with Gasteiger partial charge in [0.2, 0.25) is 5.91 Å². The molecule has 0 fully saturated rings. The number of amides is 3. The molecule has 0 spiro atoms. The van der Waals surface area contributed by atoms with Crippen LogP contribution in [0.15, 0.2) is 0 Å². The van der Waals surface area contributed by atoms with Crippen LogP contribution in [0.3, 0.4) is 0 Å². The third kappa shape index (κ3) is 8.82. The molecule has 0 aliphatic heterocycles. The lowest BCUT2D eigenvalue weighted by Gasteiger charge is -2.07. The van der Waals surface area contributed by atoms with Crippen LogP contribution in [0, 0.1) is 0 Å². The zero-order valence-corrected chi connectivity index (χ0v) is 11.1. The van der Waals surface area contributed by atoms with E-state index in [2.05, 4.69) is 10.6 Å². The van der Waals surface area contributed by atoms with Crippen molar-refractivity contribution in [1.82, 2.24) is 10.6 Å². The lowest BCUT2D eigenvalue weighted by Crippen LogP contribution is -2.41. The van der Waals surface area contributed by atoms with Crippen LogP contribution in [0.2, 0.25) is 0 Å². The topological polar surface area (TPSA) is 122 Å². The van der Waals surface area contributed by atoms with Crippen molar-refractivity contribution < 1.29 is 19.5 Å². The number of carbonyl (C=O) groups excluding carboxylic acids is 2. The molecule has 0 bridgehead atoms. The third-order valence-corrected chi connectivity index (χ3v) is 2.98. The van der Waals surface area contributed by atoms with Gasteiger partial charge in [-0.15, -0.1) is 11.8 Å². The Bertz CT molecular complexity index is 299. The molecule has 3 amide bonds. The predicted molar refractivity (Wildman–Crippen MR) is 69.4 cm³/mol. The number of aliphatic carboxylic acids is 1. The Morgan fingerprint density at radius 3 is 2.61 bits per heavy atom. The number of carboxylic acids is 1. The molecule has 0 aliphatic carbocycles. The Kier molecular flexibility index (Phi) is 9.03. The van der Waals surface area contributed by atoms with E-state index in [-0.39, 0.29) is 11.5 Å². The number of nitrogens with one attached hydrogen (secondary N) is 2. The van der Waals surface area contributed by atoms with Crippen molar-refractivity contribution >= 4 is 29.7 Å². The number of urea groups is 1. The number of hydrogen-bond acceptors (Lipinski definition) is 5. The summed E-state index contributed by atoms with van der Waals surface area (Å²) in [4.78, 5) is 32.8. The fourth-order valence-corrected chi connectivity index (χ4v) is 1.71. The fourth-order valence-electron chi connectivity index (χ4n) is 0.935. The van der Waals surface area contributed by atoms with Crippen molar-refractivity contribution in [2.75, 3.05) is 18.1 Å². The molecule has 18 heavy (non-hydrogen) atoms. The maximum absolute atomic E-state index is 11.3. The minimum atomic E-state index is -1.11. The number of rotatable bonds is 8. The molecule has 0 radical (unpaired) electrons. The third-order valence-electron chi connectivity index (χ3n) is 1.92. The summed E-state index contributed by atoms with van der Waals surface area (Å²) in [6.45, 7) is 2.51. The van der Waals surface area contributed by atoms with Gasteiger partial charge < -0.3 is 16.2 Å². The van der Waals surface area contributed by atoms with Gasteiger partial charge in [0.05, 0.1) is 5.75 Å². The van der Waals surface area contributed by atoms with E-state index in [0.717, 1.165) is 24.6 Å². The van der Waals surface area contributed by atoms with Gasteiger partial charge in [0.15, 0.2) is 0 Å². The Morgan fingerprint density at radius 1 is 1.39 bits per heavy atom. The maximum atomic E-state index is 11.3. The van der Waals surface area contributed by atoms with E-state index in [1.807, 2.05) is 6.92 Å². The molecule has 0 aromatic carbocycles. The minimum Gasteiger partial charge on any atom is -0.480 e. The zero-order chi connectivity index (χ0) is 14.0. The summed E-state index contributed by atoms with van der Waals surface area (Å²) in [6.07, 6.45) is 1.81. The van der Waals surface area contributed by atoms with E-state index in [4.69, 9.17) is 10.8 Å². The van der Waals surface area contributed by atoms with E-state index in [9.17, 15) is 14.4 Å². The van der Waals surface area contributed by atoms with Gasteiger partial charge in [0.25, 0.3) is 0 Å². The van der Waals surface area contributed by atoms with Crippen LogP contribution in [0.25, 0.3) is 0 Å². The molecule has 0 aromatic rings. The standard InChI is InChI=1S/C10H19N3O4S/c1-2-3-4-12-10(17)13-8(14)6-18-5-7(11)9(15)16/h7H,2-6,11H2,1H3,(H,15,16)(H2,12,13,14,17)/t7-/m0/s1. The van der Waals surface area contributed by atoms with Gasteiger partial charge >= 0.3 is 12.0 Å². The molecule has 0 aromatic heterocycles. The summed E-state index contributed by atoms with van der Waals surface area (Å²) in [6, 6.07) is -1.53. The summed E-state index contributed by atoms with van der Waals surface area (Å²) < 4.78 is 0. The second kappa shape index (κ2) is 9.72. The Labute approximate surface area is 110 Å². The van der Waals surface area contributed by atoms with Crippen LogP contribution in [-0.4, -0.2) is 47.1 Å². The van der Waals surface area contributed by atoms with Crippen molar-refractivity contribution in [2.24, 2.45) is 5.73 Å². The molecule has 5 N–H and O–H groups in total. The first-order chi connectivity index (χ1) is 8.47. The number of hydrogen-bond donors (Lipinski definition) is 4. The number of nitrogens with two attached hydrogens (primary N) is 1. The summed E-state index contributed by atoms with van der Waals surface area (Å²) >= 11 is 1.07. The van der Waals surface area contributed by atoms with Crippen LogP contribution in [0.1, 0.15) is 19.8 Å². The van der Waals surface area contributed by atoms with Gasteiger partial charge in [0, 0.05) is 12.3 Å². The highest BCUT2D eigenvalue weighted by atomic mass is 32.2. The molecule has 104 valence electrons. The number of imide groups is 1. The normalized spacial score (nSPS) is 11.7. The number of carboxylic acid groups (broad SMARTS) is 1. The highest BCUT2D eigenvalue weighted by Crippen LogP contribution is 2.01. The molecule has 0 unspecified atom stereocenters. The van der Waals surface area contributed by atoms with E-state index >= 15 is 0 Å². The number of thioether (sulfide) groups is 1. The van der Waals surface area contributed by atoms with E-state index in [1.54, 1.807) is 0 Å². The number of unbranched alkanes of at least 4 members (excludes halogenated alkanes) is 1. The smallest absolute Gasteiger partial charge is 0.321 e. The van der Waals surface area contributed by atoms with Gasteiger partial charge in [-0.05, 0) is 6.42 Å². The summed E-state index contributed by atoms with van der Waals surface area (Å²) in [5.74, 6) is -1.45. The molecular formula is C10H19N3O4S. The fraction of sp³-hybridized carbons (Fsp3) is 0.700. The first kappa shape index (κ1) is 16.7. The van der Waals surface area contributed by atoms with Crippen LogP contribution < -0.4 is 16.4 Å². The van der Waals surface area contributed by atoms with E-state index in [1.165, 1.54) is 0 Å². The van der Waals surface area contributed by atoms with Crippen molar-refractivity contribution in [1.29, 1.82) is 0 Å². The van der Waals surface area contributed by atoms with E-state index in [0.29, 0.717) is 6.54 Å². The van der Waals surface area contributed by atoms with Crippen molar-refractivity contribution in [3.05, 3.63) is 0 Å². The quantitative estimate of drug-likeness (QED) is 0.454. The highest BCUT2D eigenvalue weighted by molar-refractivity contribution is 8.00. The summed E-state index contributed by atoms with van der Waals surface area (Å²) in [7, 11) is 0. The number of carbonyl (C=O) groups is 3. The molecule has 7 nitrogen and oxygen atoms in total. The Morgan fingerprint density at radius 2 is 2.06 bits per heavy atom. The minimum absolute atomic E-state index is 0.00216. The van der Waals surface area contributed by atoms with E-state index < -0.39 is 23.9 Å². The lowest BCUT2D eigenvalue weighted by atomic mass is 10.3. The second-order valence-electron chi connectivity index (χ2n) is 3.62. The Balaban J connectivity index is 3.64. The summed E-state index contributed by atoms with van der Waals surface area (Å²) in [5, 5.41) is 13.2. The second-order valence-corrected chi connectivity index (χ2v) is 4.65. The lowest BCUT2D eigenvalue weighted by molar-refractivity contribution is -0.138. The van der Waals surface area contributed by atoms with Gasteiger partial charge in [-0.3, -0.25) is 14.9 Å². The molecule has 1 atom stereocenters. The molecule has 8 heteroatoms. The molecule has 0 saturated heterocycles.